The minimum Gasteiger partial charge on any atom is -0.469 e. The number of methoxy groups -OCH3 is 1. The van der Waals surface area contributed by atoms with Crippen LogP contribution in [0.3, 0.4) is 0 Å². The Morgan fingerprint density at radius 2 is 1.89 bits per heavy atom. The van der Waals surface area contributed by atoms with Gasteiger partial charge in [0.2, 0.25) is 0 Å². The minimum atomic E-state index is -0.547. The lowest BCUT2D eigenvalue weighted by Crippen LogP contribution is -2.11. The summed E-state index contributed by atoms with van der Waals surface area (Å²) in [6.07, 6.45) is 3.18. The molecule has 0 saturated heterocycles. The summed E-state index contributed by atoms with van der Waals surface area (Å²) in [4.78, 5) is 23.5. The van der Waals surface area contributed by atoms with E-state index < -0.39 is 17.7 Å². The van der Waals surface area contributed by atoms with Gasteiger partial charge in [-0.15, -0.1) is 0 Å². The molecule has 0 aromatic heterocycles. The molecule has 0 bridgehead atoms. The Kier molecular flexibility index (Phi) is 7.53. The molecular weight excluding hydrogens is 347 g/mol. The summed E-state index contributed by atoms with van der Waals surface area (Å²) in [7, 11) is 1.30. The molecule has 0 radical (unpaired) electrons. The van der Waals surface area contributed by atoms with Crippen molar-refractivity contribution in [2.45, 2.75) is 45.4 Å². The van der Waals surface area contributed by atoms with Crippen molar-refractivity contribution in [2.75, 3.05) is 7.11 Å². The van der Waals surface area contributed by atoms with Crippen molar-refractivity contribution in [1.29, 1.82) is 0 Å². The molecule has 2 rings (SSSR count). The quantitative estimate of drug-likeness (QED) is 0.360. The molecule has 27 heavy (non-hydrogen) atoms. The average Bonchev–Trinajstić information content (AvgIpc) is 2.67. The fourth-order valence-electron chi connectivity index (χ4n) is 2.78. The smallest absolute Gasteiger partial charge is 0.312 e. The molecule has 2 aromatic rings. The fourth-order valence-corrected chi connectivity index (χ4v) is 2.78. The normalized spacial score (nSPS) is 11.7. The van der Waals surface area contributed by atoms with E-state index in [9.17, 15) is 14.0 Å². The molecule has 0 aliphatic carbocycles. The highest BCUT2D eigenvalue weighted by Gasteiger charge is 2.18. The summed E-state index contributed by atoms with van der Waals surface area (Å²) in [6, 6.07) is 11.4. The number of carbonyl (C=O) groups excluding carboxylic acids is 2. The molecule has 0 aliphatic heterocycles. The zero-order valence-corrected chi connectivity index (χ0v) is 16.0. The standard InChI is InChI=1S/C22H25FO4/c1-4-5-6-10-21(24)27-18-9-7-8-17(13-18)19-12-11-16(14-20(19)23)15(2)22(25)26-3/h7-9,11-15H,4-6,10H2,1-3H3. The van der Waals surface area contributed by atoms with Gasteiger partial charge in [0.15, 0.2) is 0 Å². The van der Waals surface area contributed by atoms with E-state index in [4.69, 9.17) is 9.47 Å². The van der Waals surface area contributed by atoms with Crippen molar-refractivity contribution in [2.24, 2.45) is 0 Å². The third-order valence-electron chi connectivity index (χ3n) is 4.41. The highest BCUT2D eigenvalue weighted by Crippen LogP contribution is 2.29. The van der Waals surface area contributed by atoms with E-state index in [2.05, 4.69) is 6.92 Å². The second-order valence-electron chi connectivity index (χ2n) is 6.44. The number of hydrogen-bond acceptors (Lipinski definition) is 4. The number of esters is 2. The van der Waals surface area contributed by atoms with E-state index in [0.29, 0.717) is 28.9 Å². The van der Waals surface area contributed by atoms with Gasteiger partial charge in [-0.05, 0) is 42.7 Å². The number of unbranched alkanes of at least 4 members (excludes halogenated alkanes) is 2. The van der Waals surface area contributed by atoms with Gasteiger partial charge in [0.05, 0.1) is 13.0 Å². The molecule has 0 aliphatic rings. The maximum atomic E-state index is 14.6. The molecule has 1 unspecified atom stereocenters. The van der Waals surface area contributed by atoms with Crippen LogP contribution in [-0.2, 0) is 14.3 Å². The van der Waals surface area contributed by atoms with Crippen molar-refractivity contribution in [3.63, 3.8) is 0 Å². The van der Waals surface area contributed by atoms with Gasteiger partial charge in [-0.25, -0.2) is 4.39 Å². The number of carbonyl (C=O) groups is 2. The summed E-state index contributed by atoms with van der Waals surface area (Å²) in [5.41, 5.74) is 1.52. The van der Waals surface area contributed by atoms with Crippen LogP contribution in [0.25, 0.3) is 11.1 Å². The van der Waals surface area contributed by atoms with Crippen LogP contribution < -0.4 is 4.74 Å². The van der Waals surface area contributed by atoms with Crippen molar-refractivity contribution in [1.82, 2.24) is 0 Å². The van der Waals surface area contributed by atoms with Crippen molar-refractivity contribution < 1.29 is 23.5 Å². The van der Waals surface area contributed by atoms with Crippen LogP contribution >= 0.6 is 0 Å². The summed E-state index contributed by atoms with van der Waals surface area (Å²) in [6.45, 7) is 3.74. The summed E-state index contributed by atoms with van der Waals surface area (Å²) in [5, 5.41) is 0. The van der Waals surface area contributed by atoms with Gasteiger partial charge in [0.1, 0.15) is 11.6 Å². The van der Waals surface area contributed by atoms with Crippen LogP contribution in [0.15, 0.2) is 42.5 Å². The summed E-state index contributed by atoms with van der Waals surface area (Å²) in [5.74, 6) is -1.31. The first-order valence-corrected chi connectivity index (χ1v) is 9.14. The van der Waals surface area contributed by atoms with Crippen LogP contribution in [0.2, 0.25) is 0 Å². The second kappa shape index (κ2) is 9.86. The first kappa shape index (κ1) is 20.6. The summed E-state index contributed by atoms with van der Waals surface area (Å²) >= 11 is 0. The van der Waals surface area contributed by atoms with Crippen LogP contribution in [0, 0.1) is 5.82 Å². The first-order chi connectivity index (χ1) is 13.0. The highest BCUT2D eigenvalue weighted by atomic mass is 19.1. The highest BCUT2D eigenvalue weighted by molar-refractivity contribution is 5.78. The Balaban J connectivity index is 2.16. The van der Waals surface area contributed by atoms with Gasteiger partial charge in [-0.3, -0.25) is 9.59 Å². The van der Waals surface area contributed by atoms with Crippen molar-refractivity contribution >= 4 is 11.9 Å². The Labute approximate surface area is 159 Å². The lowest BCUT2D eigenvalue weighted by molar-refractivity contribution is -0.142. The van der Waals surface area contributed by atoms with Crippen LogP contribution in [0.5, 0.6) is 5.75 Å². The Morgan fingerprint density at radius 1 is 1.11 bits per heavy atom. The Hall–Kier alpha value is -2.69. The lowest BCUT2D eigenvalue weighted by Gasteiger charge is -2.12. The van der Waals surface area contributed by atoms with Gasteiger partial charge >= 0.3 is 11.9 Å². The topological polar surface area (TPSA) is 52.6 Å². The number of rotatable bonds is 8. The SMILES string of the molecule is CCCCCC(=O)Oc1cccc(-c2ccc(C(C)C(=O)OC)cc2F)c1. The predicted octanol–water partition coefficient (Wildman–Crippen LogP) is 5.25. The fraction of sp³-hybridized carbons (Fsp3) is 0.364. The number of ether oxygens (including phenoxy) is 2. The molecular formula is C22H25FO4. The number of hydrogen-bond donors (Lipinski definition) is 0. The molecule has 0 saturated carbocycles. The maximum Gasteiger partial charge on any atom is 0.312 e. The first-order valence-electron chi connectivity index (χ1n) is 9.14. The Bertz CT molecular complexity index is 801. The van der Waals surface area contributed by atoms with Gasteiger partial charge in [0, 0.05) is 12.0 Å². The molecule has 144 valence electrons. The monoisotopic (exact) mass is 372 g/mol. The third kappa shape index (κ3) is 5.64. The largest absolute Gasteiger partial charge is 0.469 e. The van der Waals surface area contributed by atoms with Crippen molar-refractivity contribution in [3.05, 3.63) is 53.8 Å². The molecule has 0 heterocycles. The molecule has 0 amide bonds. The van der Waals surface area contributed by atoms with Crippen LogP contribution in [-0.4, -0.2) is 19.0 Å². The maximum absolute atomic E-state index is 14.6. The van der Waals surface area contributed by atoms with Crippen molar-refractivity contribution in [3.8, 4) is 16.9 Å². The minimum absolute atomic E-state index is 0.289. The van der Waals surface area contributed by atoms with Crippen LogP contribution in [0.4, 0.5) is 4.39 Å². The lowest BCUT2D eigenvalue weighted by atomic mass is 9.97. The van der Waals surface area contributed by atoms with Gasteiger partial charge < -0.3 is 9.47 Å². The molecule has 5 heteroatoms. The Morgan fingerprint density at radius 3 is 2.56 bits per heavy atom. The number of halogens is 1. The average molecular weight is 372 g/mol. The van der Waals surface area contributed by atoms with E-state index in [0.717, 1.165) is 19.3 Å². The molecule has 0 spiro atoms. The van der Waals surface area contributed by atoms with E-state index in [-0.39, 0.29) is 5.97 Å². The second-order valence-corrected chi connectivity index (χ2v) is 6.44. The molecule has 4 nitrogen and oxygen atoms in total. The van der Waals surface area contributed by atoms with Gasteiger partial charge in [-0.2, -0.15) is 0 Å². The van der Waals surface area contributed by atoms with Crippen LogP contribution in [0.1, 0.15) is 51.0 Å². The third-order valence-corrected chi connectivity index (χ3v) is 4.41. The van der Waals surface area contributed by atoms with Gasteiger partial charge in [0.25, 0.3) is 0 Å². The van der Waals surface area contributed by atoms with E-state index in [1.807, 2.05) is 0 Å². The predicted molar refractivity (Wildman–Crippen MR) is 102 cm³/mol. The zero-order chi connectivity index (χ0) is 19.8. The molecule has 2 aromatic carbocycles. The summed E-state index contributed by atoms with van der Waals surface area (Å²) < 4.78 is 24.7. The number of benzene rings is 2. The molecule has 0 fully saturated rings. The zero-order valence-electron chi connectivity index (χ0n) is 16.0. The molecule has 1 atom stereocenters. The van der Waals surface area contributed by atoms with Gasteiger partial charge in [-0.1, -0.05) is 44.0 Å². The van der Waals surface area contributed by atoms with E-state index >= 15 is 0 Å². The van der Waals surface area contributed by atoms with E-state index in [1.165, 1.54) is 13.2 Å². The molecule has 0 N–H and O–H groups in total. The van der Waals surface area contributed by atoms with E-state index in [1.54, 1.807) is 43.3 Å².